The van der Waals surface area contributed by atoms with Crippen LogP contribution in [0.25, 0.3) is 0 Å². The van der Waals surface area contributed by atoms with Crippen LogP contribution in [0.4, 0.5) is 5.69 Å². The van der Waals surface area contributed by atoms with E-state index in [-0.39, 0.29) is 28.6 Å². The van der Waals surface area contributed by atoms with Crippen molar-refractivity contribution in [3.8, 4) is 5.75 Å². The molecule has 0 bridgehead atoms. The average Bonchev–Trinajstić information content (AvgIpc) is 3.03. The Labute approximate surface area is 278 Å². The predicted molar refractivity (Wildman–Crippen MR) is 179 cm³/mol. The lowest BCUT2D eigenvalue weighted by Crippen LogP contribution is -2.53. The minimum absolute atomic E-state index is 0.0324. The van der Waals surface area contributed by atoms with Crippen LogP contribution >= 0.6 is 34.8 Å². The molecule has 4 aromatic carbocycles. The van der Waals surface area contributed by atoms with Crippen LogP contribution in [0.15, 0.2) is 102 Å². The molecule has 0 unspecified atom stereocenters. The summed E-state index contributed by atoms with van der Waals surface area (Å²) < 4.78 is 34.4. The molecule has 0 fully saturated rings. The fourth-order valence-electron chi connectivity index (χ4n) is 4.76. The number of carbonyl (C=O) groups is 2. The fourth-order valence-corrected chi connectivity index (χ4v) is 6.95. The van der Waals surface area contributed by atoms with Crippen molar-refractivity contribution in [2.45, 2.75) is 30.8 Å². The topological polar surface area (TPSA) is 96.0 Å². The largest absolute Gasteiger partial charge is 0.495 e. The maximum absolute atomic E-state index is 14.5. The van der Waals surface area contributed by atoms with Crippen LogP contribution in [0.1, 0.15) is 18.1 Å². The molecule has 4 aromatic rings. The number of benzene rings is 4. The minimum atomic E-state index is -4.29. The first-order valence-corrected chi connectivity index (χ1v) is 16.6. The van der Waals surface area contributed by atoms with Gasteiger partial charge in [-0.05, 0) is 55.0 Å². The summed E-state index contributed by atoms with van der Waals surface area (Å²) in [7, 11) is -2.85. The molecule has 0 radical (unpaired) electrons. The number of likely N-dealkylation sites (N-methyl/N-ethyl adjacent to an activating group) is 1. The first kappa shape index (κ1) is 34.1. The number of nitrogens with one attached hydrogen (secondary N) is 1. The van der Waals surface area contributed by atoms with Gasteiger partial charge in [-0.25, -0.2) is 8.42 Å². The maximum Gasteiger partial charge on any atom is 0.264 e. The van der Waals surface area contributed by atoms with Gasteiger partial charge in [0.05, 0.1) is 22.7 Å². The average molecular weight is 689 g/mol. The SMILES string of the molecule is CCNC(=O)[C@@H](Cc1ccccc1)N(Cc1c(Cl)cccc1Cl)C(=O)CN(c1ccc(OC)c(Cl)c1)S(=O)(=O)c1ccccc1. The Morgan fingerprint density at radius 3 is 2.04 bits per heavy atom. The van der Waals surface area contributed by atoms with E-state index in [1.54, 1.807) is 43.3 Å². The molecule has 1 atom stereocenters. The quantitative estimate of drug-likeness (QED) is 0.170. The molecule has 0 aliphatic heterocycles. The summed E-state index contributed by atoms with van der Waals surface area (Å²) in [5, 5.41) is 3.56. The number of hydrogen-bond acceptors (Lipinski definition) is 5. The van der Waals surface area contributed by atoms with Crippen LogP contribution in [0.5, 0.6) is 5.75 Å². The zero-order chi connectivity index (χ0) is 32.6. The molecule has 0 spiro atoms. The van der Waals surface area contributed by atoms with Gasteiger partial charge in [0.2, 0.25) is 11.8 Å². The lowest BCUT2D eigenvalue weighted by Gasteiger charge is -2.34. The zero-order valence-electron chi connectivity index (χ0n) is 24.6. The van der Waals surface area contributed by atoms with Crippen molar-refractivity contribution in [2.75, 3.05) is 24.5 Å². The standard InChI is InChI=1S/C33H32Cl3N3O5S/c1-3-37-33(41)30(19-23-11-6-4-7-12-23)38(21-26-27(34)15-10-16-28(26)35)32(40)22-39(24-17-18-31(44-2)29(36)20-24)45(42,43)25-13-8-5-9-14-25/h4-18,20,30H,3,19,21-22H2,1-2H3,(H,37,41)/t30-/m1/s1. The number of nitrogens with zero attached hydrogens (tertiary/aromatic N) is 2. The third-order valence-electron chi connectivity index (χ3n) is 7.05. The van der Waals surface area contributed by atoms with Crippen molar-refractivity contribution in [3.05, 3.63) is 123 Å². The molecule has 0 aromatic heterocycles. The van der Waals surface area contributed by atoms with Gasteiger partial charge in [0.25, 0.3) is 10.0 Å². The highest BCUT2D eigenvalue weighted by atomic mass is 35.5. The summed E-state index contributed by atoms with van der Waals surface area (Å²) in [6, 6.07) is 25.3. The summed E-state index contributed by atoms with van der Waals surface area (Å²) in [4.78, 5) is 29.4. The van der Waals surface area contributed by atoms with Crippen molar-refractivity contribution in [1.29, 1.82) is 0 Å². The summed E-state index contributed by atoms with van der Waals surface area (Å²) in [5.74, 6) is -0.745. The molecular formula is C33H32Cl3N3O5S. The minimum Gasteiger partial charge on any atom is -0.495 e. The van der Waals surface area contributed by atoms with Crippen molar-refractivity contribution >= 4 is 62.3 Å². The third-order valence-corrected chi connectivity index (χ3v) is 9.84. The Hall–Kier alpha value is -3.76. The highest BCUT2D eigenvalue weighted by Crippen LogP contribution is 2.33. The van der Waals surface area contributed by atoms with Gasteiger partial charge in [0.1, 0.15) is 18.3 Å². The van der Waals surface area contributed by atoms with Crippen LogP contribution in [-0.2, 0) is 32.6 Å². The van der Waals surface area contributed by atoms with E-state index < -0.39 is 34.4 Å². The molecule has 0 heterocycles. The van der Waals surface area contributed by atoms with Gasteiger partial charge in [0.15, 0.2) is 0 Å². The highest BCUT2D eigenvalue weighted by molar-refractivity contribution is 7.92. The molecule has 12 heteroatoms. The van der Waals surface area contributed by atoms with Gasteiger partial charge in [-0.1, -0.05) is 89.4 Å². The van der Waals surface area contributed by atoms with E-state index in [0.717, 1.165) is 9.87 Å². The van der Waals surface area contributed by atoms with Crippen molar-refractivity contribution < 1.29 is 22.7 Å². The van der Waals surface area contributed by atoms with Gasteiger partial charge in [-0.15, -0.1) is 0 Å². The van der Waals surface area contributed by atoms with E-state index in [1.165, 1.54) is 42.3 Å². The van der Waals surface area contributed by atoms with Gasteiger partial charge < -0.3 is 15.0 Å². The second-order valence-electron chi connectivity index (χ2n) is 9.97. The molecule has 1 N–H and O–H groups in total. The molecule has 236 valence electrons. The number of anilines is 1. The molecule has 0 saturated carbocycles. The summed E-state index contributed by atoms with van der Waals surface area (Å²) in [6.07, 6.45) is 0.153. The van der Waals surface area contributed by atoms with Crippen LogP contribution in [0.3, 0.4) is 0 Å². The summed E-state index contributed by atoms with van der Waals surface area (Å²) in [6.45, 7) is 1.27. The fraction of sp³-hybridized carbons (Fsp3) is 0.212. The van der Waals surface area contributed by atoms with Crippen LogP contribution in [0, 0.1) is 0 Å². The third kappa shape index (κ3) is 8.29. The normalized spacial score (nSPS) is 11.8. The molecule has 4 rings (SSSR count). The number of rotatable bonds is 13. The van der Waals surface area contributed by atoms with Crippen LogP contribution in [-0.4, -0.2) is 51.4 Å². The Bertz CT molecular complexity index is 1720. The first-order chi connectivity index (χ1) is 21.6. The van der Waals surface area contributed by atoms with E-state index >= 15 is 0 Å². The second-order valence-corrected chi connectivity index (χ2v) is 13.0. The summed E-state index contributed by atoms with van der Waals surface area (Å²) >= 11 is 19.5. The first-order valence-electron chi connectivity index (χ1n) is 14.0. The van der Waals surface area contributed by atoms with Gasteiger partial charge in [-0.3, -0.25) is 13.9 Å². The Morgan fingerprint density at radius 2 is 1.47 bits per heavy atom. The summed E-state index contributed by atoms with van der Waals surface area (Å²) in [5.41, 5.74) is 1.35. The van der Waals surface area contributed by atoms with E-state index in [1.807, 2.05) is 30.3 Å². The van der Waals surface area contributed by atoms with E-state index in [4.69, 9.17) is 39.5 Å². The number of halogens is 3. The molecule has 2 amide bonds. The lowest BCUT2D eigenvalue weighted by molar-refractivity contribution is -0.140. The van der Waals surface area contributed by atoms with E-state index in [9.17, 15) is 18.0 Å². The molecule has 45 heavy (non-hydrogen) atoms. The molecule has 0 aliphatic rings. The zero-order valence-corrected chi connectivity index (χ0v) is 27.7. The number of sulfonamides is 1. The Balaban J connectivity index is 1.84. The molecule has 0 saturated heterocycles. The Kier molecular flexibility index (Phi) is 11.7. The van der Waals surface area contributed by atoms with Crippen LogP contribution < -0.4 is 14.4 Å². The lowest BCUT2D eigenvalue weighted by atomic mass is 10.0. The van der Waals surface area contributed by atoms with Crippen molar-refractivity contribution in [1.82, 2.24) is 10.2 Å². The van der Waals surface area contributed by atoms with Crippen molar-refractivity contribution in [2.24, 2.45) is 0 Å². The monoisotopic (exact) mass is 687 g/mol. The van der Waals surface area contributed by atoms with E-state index in [0.29, 0.717) is 27.9 Å². The Morgan fingerprint density at radius 1 is 0.844 bits per heavy atom. The number of carbonyl (C=O) groups excluding carboxylic acids is 2. The maximum atomic E-state index is 14.5. The van der Waals surface area contributed by atoms with Gasteiger partial charge >= 0.3 is 0 Å². The highest BCUT2D eigenvalue weighted by Gasteiger charge is 2.35. The van der Waals surface area contributed by atoms with Crippen LogP contribution in [0.2, 0.25) is 15.1 Å². The van der Waals surface area contributed by atoms with Gasteiger partial charge in [0, 0.05) is 35.1 Å². The molecule has 8 nitrogen and oxygen atoms in total. The number of methoxy groups -OCH3 is 1. The number of amides is 2. The van der Waals surface area contributed by atoms with Gasteiger partial charge in [-0.2, -0.15) is 0 Å². The smallest absolute Gasteiger partial charge is 0.264 e. The number of hydrogen-bond donors (Lipinski definition) is 1. The number of ether oxygens (including phenoxy) is 1. The second kappa shape index (κ2) is 15.5. The molecule has 0 aliphatic carbocycles. The predicted octanol–water partition coefficient (Wildman–Crippen LogP) is 6.63. The van der Waals surface area contributed by atoms with Crippen molar-refractivity contribution in [3.63, 3.8) is 0 Å². The molecular weight excluding hydrogens is 657 g/mol. The van der Waals surface area contributed by atoms with E-state index in [2.05, 4.69) is 5.32 Å².